The van der Waals surface area contributed by atoms with Crippen molar-refractivity contribution in [1.82, 2.24) is 20.0 Å². The van der Waals surface area contributed by atoms with E-state index in [0.717, 1.165) is 5.56 Å². The van der Waals surface area contributed by atoms with Gasteiger partial charge in [0.1, 0.15) is 11.9 Å². The van der Waals surface area contributed by atoms with Crippen molar-refractivity contribution < 1.29 is 9.53 Å². The maximum absolute atomic E-state index is 11.7. The number of carbonyl (C=O) groups is 1. The molecule has 2 amide bonds. The van der Waals surface area contributed by atoms with E-state index in [1.807, 2.05) is 0 Å². The Morgan fingerprint density at radius 2 is 2.41 bits per heavy atom. The second-order valence-electron chi connectivity index (χ2n) is 3.88. The first-order chi connectivity index (χ1) is 8.13. The molecule has 92 valence electrons. The summed E-state index contributed by atoms with van der Waals surface area (Å²) in [6, 6.07) is -0.646. The van der Waals surface area contributed by atoms with Crippen molar-refractivity contribution in [1.29, 1.82) is 5.41 Å². The summed E-state index contributed by atoms with van der Waals surface area (Å²) < 4.78 is 6.62. The molecule has 0 aromatic carbocycles. The summed E-state index contributed by atoms with van der Waals surface area (Å²) >= 11 is 0. The van der Waals surface area contributed by atoms with Gasteiger partial charge in [0.25, 0.3) is 0 Å². The highest BCUT2D eigenvalue weighted by atomic mass is 16.5. The van der Waals surface area contributed by atoms with Crippen LogP contribution in [0.5, 0.6) is 0 Å². The molecule has 1 unspecified atom stereocenters. The van der Waals surface area contributed by atoms with Gasteiger partial charge in [-0.2, -0.15) is 5.10 Å². The third kappa shape index (κ3) is 2.14. The molecule has 2 N–H and O–H groups in total. The van der Waals surface area contributed by atoms with Crippen molar-refractivity contribution in [3.05, 3.63) is 18.0 Å². The number of amides is 2. The summed E-state index contributed by atoms with van der Waals surface area (Å²) in [6.07, 6.45) is 3.47. The number of urea groups is 1. The number of aryl methyl sites for hydroxylation is 1. The first-order valence-corrected chi connectivity index (χ1v) is 5.27. The van der Waals surface area contributed by atoms with Crippen LogP contribution in [0.2, 0.25) is 0 Å². The van der Waals surface area contributed by atoms with Crippen LogP contribution in [0.1, 0.15) is 11.6 Å². The minimum Gasteiger partial charge on any atom is -0.383 e. The van der Waals surface area contributed by atoms with Crippen LogP contribution in [-0.2, 0) is 11.8 Å². The van der Waals surface area contributed by atoms with Gasteiger partial charge >= 0.3 is 6.03 Å². The van der Waals surface area contributed by atoms with Crippen LogP contribution in [0.3, 0.4) is 0 Å². The Morgan fingerprint density at radius 1 is 1.65 bits per heavy atom. The van der Waals surface area contributed by atoms with Gasteiger partial charge in [0.05, 0.1) is 12.8 Å². The zero-order chi connectivity index (χ0) is 12.4. The average Bonchev–Trinajstić information content (AvgIpc) is 2.80. The number of rotatable bonds is 4. The number of methoxy groups -OCH3 is 1. The number of amidine groups is 1. The molecule has 1 aliphatic heterocycles. The van der Waals surface area contributed by atoms with Gasteiger partial charge in [-0.05, 0) is 0 Å². The van der Waals surface area contributed by atoms with Gasteiger partial charge in [0.15, 0.2) is 0 Å². The van der Waals surface area contributed by atoms with Crippen molar-refractivity contribution in [3.63, 3.8) is 0 Å². The Bertz CT molecular complexity index is 442. The molecule has 0 spiro atoms. The summed E-state index contributed by atoms with van der Waals surface area (Å²) in [4.78, 5) is 13.2. The van der Waals surface area contributed by atoms with Gasteiger partial charge in [-0.3, -0.25) is 15.4 Å². The normalized spacial score (nSPS) is 19.9. The fourth-order valence-corrected chi connectivity index (χ4v) is 1.88. The Labute approximate surface area is 98.9 Å². The van der Waals surface area contributed by atoms with E-state index in [-0.39, 0.29) is 17.9 Å². The summed E-state index contributed by atoms with van der Waals surface area (Å²) in [5.74, 6) is 0.180. The molecule has 1 aromatic heterocycles. The molecule has 1 aliphatic rings. The topological polar surface area (TPSA) is 83.2 Å². The lowest BCUT2D eigenvalue weighted by atomic mass is 10.1. The fourth-order valence-electron chi connectivity index (χ4n) is 1.88. The summed E-state index contributed by atoms with van der Waals surface area (Å²) in [5.41, 5.74) is 0.826. The van der Waals surface area contributed by atoms with Crippen molar-refractivity contribution in [2.24, 2.45) is 7.05 Å². The summed E-state index contributed by atoms with van der Waals surface area (Å²) in [5, 5.41) is 14.4. The molecule has 2 rings (SSSR count). The highest BCUT2D eigenvalue weighted by molar-refractivity contribution is 6.05. The Balaban J connectivity index is 2.22. The van der Waals surface area contributed by atoms with E-state index < -0.39 is 0 Å². The van der Waals surface area contributed by atoms with Crippen LogP contribution >= 0.6 is 0 Å². The summed E-state index contributed by atoms with van der Waals surface area (Å²) in [7, 11) is 3.38. The lowest BCUT2D eigenvalue weighted by Crippen LogP contribution is -2.32. The van der Waals surface area contributed by atoms with Gasteiger partial charge < -0.3 is 9.64 Å². The molecular weight excluding hydrogens is 222 g/mol. The van der Waals surface area contributed by atoms with Gasteiger partial charge in [-0.1, -0.05) is 0 Å². The average molecular weight is 237 g/mol. The second kappa shape index (κ2) is 4.54. The van der Waals surface area contributed by atoms with Crippen LogP contribution in [0, 0.1) is 5.41 Å². The predicted octanol–water partition coefficient (Wildman–Crippen LogP) is 0.110. The maximum atomic E-state index is 11.7. The number of hydrogen-bond donors (Lipinski definition) is 2. The highest BCUT2D eigenvalue weighted by Gasteiger charge is 2.37. The van der Waals surface area contributed by atoms with E-state index in [1.54, 1.807) is 36.1 Å². The van der Waals surface area contributed by atoms with Gasteiger partial charge in [0.2, 0.25) is 0 Å². The Hall–Kier alpha value is -1.89. The number of ether oxygens (including phenoxy) is 1. The lowest BCUT2D eigenvalue weighted by molar-refractivity contribution is 0.151. The van der Waals surface area contributed by atoms with Crippen LogP contribution < -0.4 is 5.32 Å². The monoisotopic (exact) mass is 237 g/mol. The highest BCUT2D eigenvalue weighted by Crippen LogP contribution is 2.24. The molecule has 17 heavy (non-hydrogen) atoms. The molecule has 0 radical (unpaired) electrons. The van der Waals surface area contributed by atoms with Gasteiger partial charge in [0, 0.05) is 32.5 Å². The first kappa shape index (κ1) is 11.6. The fraction of sp³-hybridized carbons (Fsp3) is 0.500. The maximum Gasteiger partial charge on any atom is 0.323 e. The van der Waals surface area contributed by atoms with Crippen molar-refractivity contribution in [3.8, 4) is 0 Å². The third-order valence-corrected chi connectivity index (χ3v) is 2.66. The van der Waals surface area contributed by atoms with Gasteiger partial charge in [-0.25, -0.2) is 4.79 Å². The number of hydrogen-bond acceptors (Lipinski definition) is 4. The van der Waals surface area contributed by atoms with Crippen LogP contribution in [0.15, 0.2) is 12.4 Å². The molecule has 1 saturated heterocycles. The van der Waals surface area contributed by atoms with Crippen LogP contribution in [0.25, 0.3) is 0 Å². The largest absolute Gasteiger partial charge is 0.383 e. The predicted molar refractivity (Wildman–Crippen MR) is 60.8 cm³/mol. The molecule has 0 aliphatic carbocycles. The minimum absolute atomic E-state index is 0.180. The van der Waals surface area contributed by atoms with Crippen molar-refractivity contribution in [2.75, 3.05) is 20.3 Å². The van der Waals surface area contributed by atoms with E-state index in [2.05, 4.69) is 10.4 Å². The van der Waals surface area contributed by atoms with E-state index in [9.17, 15) is 4.79 Å². The molecule has 1 atom stereocenters. The number of nitrogens with zero attached hydrogens (tertiary/aromatic N) is 3. The van der Waals surface area contributed by atoms with Gasteiger partial charge in [-0.15, -0.1) is 0 Å². The molecule has 7 nitrogen and oxygen atoms in total. The number of nitrogens with one attached hydrogen (secondary N) is 2. The lowest BCUT2D eigenvalue weighted by Gasteiger charge is -2.20. The molecule has 2 heterocycles. The minimum atomic E-state index is -0.383. The summed E-state index contributed by atoms with van der Waals surface area (Å²) in [6.45, 7) is 0.891. The first-order valence-electron chi connectivity index (χ1n) is 5.27. The van der Waals surface area contributed by atoms with Crippen molar-refractivity contribution >= 4 is 11.9 Å². The Kier molecular flexibility index (Phi) is 3.10. The van der Waals surface area contributed by atoms with Crippen LogP contribution in [0.4, 0.5) is 4.79 Å². The van der Waals surface area contributed by atoms with E-state index in [1.165, 1.54) is 0 Å². The molecular formula is C10H15N5O2. The van der Waals surface area contributed by atoms with Crippen molar-refractivity contribution in [2.45, 2.75) is 6.04 Å². The third-order valence-electron chi connectivity index (χ3n) is 2.66. The Morgan fingerprint density at radius 3 is 3.00 bits per heavy atom. The molecule has 1 fully saturated rings. The quantitative estimate of drug-likeness (QED) is 0.779. The molecule has 0 saturated carbocycles. The zero-order valence-corrected chi connectivity index (χ0v) is 9.80. The van der Waals surface area contributed by atoms with E-state index >= 15 is 0 Å². The zero-order valence-electron chi connectivity index (χ0n) is 9.80. The molecule has 7 heteroatoms. The van der Waals surface area contributed by atoms with E-state index in [0.29, 0.717) is 13.2 Å². The standard InChI is InChI=1S/C10H15N5O2/c1-14-6-7(5-12-14)8-9(11)13-10(16)15(8)3-4-17-2/h5-6,8H,3-4H2,1-2H3,(H2,11,13,16). The molecule has 1 aromatic rings. The smallest absolute Gasteiger partial charge is 0.323 e. The SMILES string of the molecule is COCCN1C(=O)NC(=N)C1c1cnn(C)c1. The van der Waals surface area contributed by atoms with E-state index in [4.69, 9.17) is 10.1 Å². The number of carbonyl (C=O) groups excluding carboxylic acids is 1. The molecule has 0 bridgehead atoms. The second-order valence-corrected chi connectivity index (χ2v) is 3.88. The van der Waals surface area contributed by atoms with Crippen LogP contribution in [-0.4, -0.2) is 46.8 Å². The number of aromatic nitrogens is 2.